The quantitative estimate of drug-likeness (QED) is 0.553. The molecule has 10 heteroatoms. The van der Waals surface area contributed by atoms with Gasteiger partial charge in [0, 0.05) is 54.8 Å². The van der Waals surface area contributed by atoms with Crippen LogP contribution >= 0.6 is 11.6 Å². The second kappa shape index (κ2) is 9.49. The van der Waals surface area contributed by atoms with Gasteiger partial charge in [0.05, 0.1) is 4.90 Å². The van der Waals surface area contributed by atoms with Crippen LogP contribution in [0.15, 0.2) is 71.6 Å². The van der Waals surface area contributed by atoms with Crippen molar-refractivity contribution in [2.75, 3.05) is 47.8 Å². The number of urea groups is 1. The van der Waals surface area contributed by atoms with Crippen molar-refractivity contribution in [3.8, 4) is 0 Å². The number of hydrogen-bond donors (Lipinski definition) is 1. The summed E-state index contributed by atoms with van der Waals surface area (Å²) in [6.45, 7) is 2.32. The zero-order valence-corrected chi connectivity index (χ0v) is 20.4. The number of anilines is 3. The van der Waals surface area contributed by atoms with Crippen molar-refractivity contribution in [1.29, 1.82) is 0 Å². The summed E-state index contributed by atoms with van der Waals surface area (Å²) >= 11 is 6.09. The Hall–Kier alpha value is -3.14. The number of carbonyl (C=O) groups is 1. The van der Waals surface area contributed by atoms with Crippen molar-refractivity contribution in [3.63, 3.8) is 0 Å². The van der Waals surface area contributed by atoms with E-state index in [9.17, 15) is 17.6 Å². The molecule has 5 rings (SSSR count). The lowest BCUT2D eigenvalue weighted by molar-refractivity contribution is 0.257. The summed E-state index contributed by atoms with van der Waals surface area (Å²) in [4.78, 5) is 16.7. The first-order chi connectivity index (χ1) is 16.8. The highest BCUT2D eigenvalue weighted by Crippen LogP contribution is 2.32. The molecule has 0 aliphatic carbocycles. The second-order valence-corrected chi connectivity index (χ2v) is 10.9. The molecular weight excluding hydrogens is 491 g/mol. The molecule has 7 nitrogen and oxygen atoms in total. The van der Waals surface area contributed by atoms with E-state index >= 15 is 0 Å². The molecule has 1 fully saturated rings. The van der Waals surface area contributed by atoms with Crippen molar-refractivity contribution in [1.82, 2.24) is 4.31 Å². The summed E-state index contributed by atoms with van der Waals surface area (Å²) in [6, 6.07) is 17.6. The molecule has 3 aromatic carbocycles. The van der Waals surface area contributed by atoms with Gasteiger partial charge in [0.1, 0.15) is 5.82 Å². The highest BCUT2D eigenvalue weighted by molar-refractivity contribution is 7.89. The molecule has 0 spiro atoms. The predicted octanol–water partition coefficient (Wildman–Crippen LogP) is 4.58. The Morgan fingerprint density at radius 2 is 1.66 bits per heavy atom. The van der Waals surface area contributed by atoms with Crippen molar-refractivity contribution in [3.05, 3.63) is 83.1 Å². The normalized spacial score (nSPS) is 16.3. The van der Waals surface area contributed by atoms with E-state index in [2.05, 4.69) is 10.2 Å². The fourth-order valence-corrected chi connectivity index (χ4v) is 6.14. The van der Waals surface area contributed by atoms with Gasteiger partial charge in [-0.15, -0.1) is 0 Å². The standard InChI is InChI=1S/C25H24ClFN4O3S/c26-19-2-1-3-22(17-19)29-12-14-30(15-13-29)35(33,34)23-8-9-24-18(16-23)10-11-31(24)25(32)28-21-6-4-20(27)5-7-21/h1-9,16-17H,10-15H2,(H,28,32). The summed E-state index contributed by atoms with van der Waals surface area (Å²) in [5.41, 5.74) is 2.94. The molecule has 1 N–H and O–H groups in total. The number of sulfonamides is 1. The predicted molar refractivity (Wildman–Crippen MR) is 135 cm³/mol. The first-order valence-corrected chi connectivity index (χ1v) is 13.1. The maximum atomic E-state index is 13.3. The van der Waals surface area contributed by atoms with Gasteiger partial charge < -0.3 is 10.2 Å². The average molecular weight is 515 g/mol. The number of hydrogen-bond acceptors (Lipinski definition) is 4. The van der Waals surface area contributed by atoms with E-state index in [1.54, 1.807) is 23.1 Å². The number of carbonyl (C=O) groups excluding carboxylic acids is 1. The molecule has 2 heterocycles. The minimum absolute atomic E-state index is 0.230. The van der Waals surface area contributed by atoms with Gasteiger partial charge in [-0.1, -0.05) is 17.7 Å². The molecule has 1 saturated heterocycles. The molecule has 0 saturated carbocycles. The van der Waals surface area contributed by atoms with Crippen LogP contribution in [-0.2, 0) is 16.4 Å². The lowest BCUT2D eigenvalue weighted by Crippen LogP contribution is -2.48. The molecule has 35 heavy (non-hydrogen) atoms. The first kappa shape index (κ1) is 23.6. The number of rotatable bonds is 4. The third-order valence-corrected chi connectivity index (χ3v) is 8.47. The topological polar surface area (TPSA) is 73.0 Å². The third kappa shape index (κ3) is 4.84. The Labute approximate surface area is 208 Å². The molecular formula is C25H24ClFN4O3S. The van der Waals surface area contributed by atoms with Gasteiger partial charge in [0.2, 0.25) is 10.0 Å². The van der Waals surface area contributed by atoms with Crippen LogP contribution in [-0.4, -0.2) is 51.5 Å². The van der Waals surface area contributed by atoms with E-state index in [0.717, 1.165) is 11.3 Å². The monoisotopic (exact) mass is 514 g/mol. The van der Waals surface area contributed by atoms with Gasteiger partial charge in [-0.25, -0.2) is 17.6 Å². The number of benzene rings is 3. The summed E-state index contributed by atoms with van der Waals surface area (Å²) in [5.74, 6) is -0.380. The van der Waals surface area contributed by atoms with Crippen LogP contribution in [0.3, 0.4) is 0 Å². The zero-order chi connectivity index (χ0) is 24.6. The van der Waals surface area contributed by atoms with Crippen molar-refractivity contribution in [2.45, 2.75) is 11.3 Å². The van der Waals surface area contributed by atoms with Crippen LogP contribution in [0.1, 0.15) is 5.56 Å². The Morgan fingerprint density at radius 3 is 2.37 bits per heavy atom. The first-order valence-electron chi connectivity index (χ1n) is 11.3. The number of halogens is 2. The van der Waals surface area contributed by atoms with Gasteiger partial charge in [-0.3, -0.25) is 4.90 Å². The van der Waals surface area contributed by atoms with Gasteiger partial charge in [-0.2, -0.15) is 4.31 Å². The fourth-order valence-electron chi connectivity index (χ4n) is 4.48. The number of piperazine rings is 1. The zero-order valence-electron chi connectivity index (χ0n) is 18.8. The largest absolute Gasteiger partial charge is 0.369 e. The third-order valence-electron chi connectivity index (χ3n) is 6.34. The van der Waals surface area contributed by atoms with Gasteiger partial charge >= 0.3 is 6.03 Å². The Morgan fingerprint density at radius 1 is 0.914 bits per heavy atom. The highest BCUT2D eigenvalue weighted by Gasteiger charge is 2.31. The molecule has 2 aliphatic rings. The van der Waals surface area contributed by atoms with E-state index in [0.29, 0.717) is 55.5 Å². The van der Waals surface area contributed by atoms with E-state index in [4.69, 9.17) is 11.6 Å². The Balaban J connectivity index is 1.27. The van der Waals surface area contributed by atoms with Crippen LogP contribution in [0.4, 0.5) is 26.2 Å². The van der Waals surface area contributed by atoms with Crippen LogP contribution in [0.2, 0.25) is 5.02 Å². The van der Waals surface area contributed by atoms with E-state index < -0.39 is 10.0 Å². The van der Waals surface area contributed by atoms with Crippen molar-refractivity contribution < 1.29 is 17.6 Å². The van der Waals surface area contributed by atoms with Crippen molar-refractivity contribution in [2.24, 2.45) is 0 Å². The smallest absolute Gasteiger partial charge is 0.326 e. The van der Waals surface area contributed by atoms with Gasteiger partial charge in [-0.05, 0) is 72.6 Å². The molecule has 2 amide bonds. The number of fused-ring (bicyclic) bond motifs is 1. The molecule has 0 bridgehead atoms. The SMILES string of the molecule is O=C(Nc1ccc(F)cc1)N1CCc2cc(S(=O)(=O)N3CCN(c4cccc(Cl)c4)CC3)ccc21. The minimum atomic E-state index is -3.66. The van der Waals surface area contributed by atoms with Crippen LogP contribution in [0, 0.1) is 5.82 Å². The van der Waals surface area contributed by atoms with Gasteiger partial charge in [0.15, 0.2) is 0 Å². The number of nitrogens with zero attached hydrogens (tertiary/aromatic N) is 3. The molecule has 0 radical (unpaired) electrons. The molecule has 3 aromatic rings. The lowest BCUT2D eigenvalue weighted by Gasteiger charge is -2.35. The summed E-state index contributed by atoms with van der Waals surface area (Å²) in [7, 11) is -3.66. The van der Waals surface area contributed by atoms with Crippen LogP contribution in [0.25, 0.3) is 0 Å². The van der Waals surface area contributed by atoms with E-state index in [-0.39, 0.29) is 16.7 Å². The maximum Gasteiger partial charge on any atom is 0.326 e. The Bertz CT molecular complexity index is 1360. The summed E-state index contributed by atoms with van der Waals surface area (Å²) < 4.78 is 41.3. The minimum Gasteiger partial charge on any atom is -0.369 e. The highest BCUT2D eigenvalue weighted by atomic mass is 35.5. The molecule has 0 unspecified atom stereocenters. The Kier molecular flexibility index (Phi) is 6.39. The second-order valence-electron chi connectivity index (χ2n) is 8.50. The van der Waals surface area contributed by atoms with E-state index in [1.165, 1.54) is 28.6 Å². The van der Waals surface area contributed by atoms with Crippen LogP contribution < -0.4 is 15.1 Å². The van der Waals surface area contributed by atoms with E-state index in [1.807, 2.05) is 24.3 Å². The fraction of sp³-hybridized carbons (Fsp3) is 0.240. The maximum absolute atomic E-state index is 13.3. The van der Waals surface area contributed by atoms with Gasteiger partial charge in [0.25, 0.3) is 0 Å². The number of amides is 2. The molecule has 2 aliphatic heterocycles. The summed E-state index contributed by atoms with van der Waals surface area (Å²) in [5, 5.41) is 3.40. The molecule has 0 aromatic heterocycles. The lowest BCUT2D eigenvalue weighted by atomic mass is 10.2. The number of nitrogens with one attached hydrogen (secondary N) is 1. The summed E-state index contributed by atoms with van der Waals surface area (Å²) in [6.07, 6.45) is 0.554. The average Bonchev–Trinajstić information content (AvgIpc) is 3.29. The molecule has 182 valence electrons. The molecule has 0 atom stereocenters. The van der Waals surface area contributed by atoms with Crippen LogP contribution in [0.5, 0.6) is 0 Å². The van der Waals surface area contributed by atoms with Crippen molar-refractivity contribution >= 4 is 44.7 Å².